The number of nitro benzene ring substituents is 1. The van der Waals surface area contributed by atoms with E-state index in [-0.39, 0.29) is 10.6 Å². The van der Waals surface area contributed by atoms with Crippen molar-refractivity contribution in [3.05, 3.63) is 62.9 Å². The first-order chi connectivity index (χ1) is 12.6. The van der Waals surface area contributed by atoms with E-state index in [9.17, 15) is 10.1 Å². The lowest BCUT2D eigenvalue weighted by Gasteiger charge is -2.36. The number of non-ortho nitro benzene ring substituents is 1. The van der Waals surface area contributed by atoms with Crippen molar-refractivity contribution in [2.45, 2.75) is 13.2 Å². The maximum absolute atomic E-state index is 11.0. The first-order valence-electron chi connectivity index (χ1n) is 8.41. The van der Waals surface area contributed by atoms with Gasteiger partial charge in [0.25, 0.3) is 5.69 Å². The SMILES string of the molecule is COCc1cc([N+](=O)[O-])ccc1N1CCN(Cc2ccc(Cl)cn2)CC1. The van der Waals surface area contributed by atoms with Crippen LogP contribution in [-0.4, -0.2) is 48.1 Å². The molecule has 0 radical (unpaired) electrons. The average molecular weight is 377 g/mol. The molecule has 2 heterocycles. The topological polar surface area (TPSA) is 71.7 Å². The van der Waals surface area contributed by atoms with Crippen LogP contribution in [0, 0.1) is 10.1 Å². The Morgan fingerprint density at radius 2 is 2.00 bits per heavy atom. The van der Waals surface area contributed by atoms with Crippen molar-refractivity contribution in [1.82, 2.24) is 9.88 Å². The quantitative estimate of drug-likeness (QED) is 0.569. The summed E-state index contributed by atoms with van der Waals surface area (Å²) in [5, 5.41) is 11.7. The van der Waals surface area contributed by atoms with Gasteiger partial charge in [0.05, 0.1) is 22.2 Å². The van der Waals surface area contributed by atoms with Gasteiger partial charge in [-0.15, -0.1) is 0 Å². The molecule has 0 saturated carbocycles. The van der Waals surface area contributed by atoms with Crippen LogP contribution >= 0.6 is 11.6 Å². The molecule has 3 rings (SSSR count). The highest BCUT2D eigenvalue weighted by Crippen LogP contribution is 2.27. The van der Waals surface area contributed by atoms with Gasteiger partial charge in [-0.3, -0.25) is 20.0 Å². The van der Waals surface area contributed by atoms with Gasteiger partial charge >= 0.3 is 0 Å². The van der Waals surface area contributed by atoms with Crippen LogP contribution in [0.15, 0.2) is 36.5 Å². The maximum Gasteiger partial charge on any atom is 0.269 e. The zero-order chi connectivity index (χ0) is 18.5. The van der Waals surface area contributed by atoms with Gasteiger partial charge in [-0.2, -0.15) is 0 Å². The van der Waals surface area contributed by atoms with E-state index in [0.717, 1.165) is 49.7 Å². The second-order valence-electron chi connectivity index (χ2n) is 6.23. The Morgan fingerprint density at radius 1 is 1.23 bits per heavy atom. The highest BCUT2D eigenvalue weighted by molar-refractivity contribution is 6.30. The molecule has 138 valence electrons. The van der Waals surface area contributed by atoms with E-state index in [4.69, 9.17) is 16.3 Å². The summed E-state index contributed by atoms with van der Waals surface area (Å²) in [6.07, 6.45) is 1.67. The number of methoxy groups -OCH3 is 1. The fourth-order valence-electron chi connectivity index (χ4n) is 3.14. The highest BCUT2D eigenvalue weighted by atomic mass is 35.5. The summed E-state index contributed by atoms with van der Waals surface area (Å²) in [6.45, 7) is 4.63. The van der Waals surface area contributed by atoms with Crippen LogP contribution in [0.25, 0.3) is 0 Å². The van der Waals surface area contributed by atoms with E-state index in [1.807, 2.05) is 18.2 Å². The van der Waals surface area contributed by atoms with E-state index in [2.05, 4.69) is 14.8 Å². The third kappa shape index (κ3) is 4.49. The van der Waals surface area contributed by atoms with E-state index < -0.39 is 0 Å². The minimum absolute atomic E-state index is 0.0910. The predicted octanol–water partition coefficient (Wildman–Crippen LogP) is 3.11. The number of nitrogens with zero attached hydrogens (tertiary/aromatic N) is 4. The number of piperazine rings is 1. The molecule has 0 bridgehead atoms. The lowest BCUT2D eigenvalue weighted by molar-refractivity contribution is -0.384. The molecule has 1 saturated heterocycles. The fraction of sp³-hybridized carbons (Fsp3) is 0.389. The molecule has 0 amide bonds. The molecule has 0 N–H and O–H groups in total. The van der Waals surface area contributed by atoms with Gasteiger partial charge < -0.3 is 9.64 Å². The van der Waals surface area contributed by atoms with Crippen LogP contribution in [0.5, 0.6) is 0 Å². The lowest BCUT2D eigenvalue weighted by Crippen LogP contribution is -2.46. The van der Waals surface area contributed by atoms with Crippen LogP contribution in [-0.2, 0) is 17.9 Å². The Balaban J connectivity index is 1.65. The molecule has 8 heteroatoms. The molecule has 1 aliphatic heterocycles. The second-order valence-corrected chi connectivity index (χ2v) is 6.67. The molecular weight excluding hydrogens is 356 g/mol. The van der Waals surface area contributed by atoms with E-state index in [1.165, 1.54) is 0 Å². The largest absolute Gasteiger partial charge is 0.380 e. The van der Waals surface area contributed by atoms with Crippen molar-refractivity contribution in [3.8, 4) is 0 Å². The molecule has 26 heavy (non-hydrogen) atoms. The standard InChI is InChI=1S/C18H21ClN4O3/c1-26-13-14-10-17(23(24)25)4-5-18(14)22-8-6-21(7-9-22)12-16-3-2-15(19)11-20-16/h2-5,10-11H,6-9,12-13H2,1H3. The van der Waals surface area contributed by atoms with Crippen LogP contribution < -0.4 is 4.90 Å². The maximum atomic E-state index is 11.0. The van der Waals surface area contributed by atoms with Crippen LogP contribution in [0.1, 0.15) is 11.3 Å². The van der Waals surface area contributed by atoms with Gasteiger partial charge in [-0.25, -0.2) is 0 Å². The predicted molar refractivity (Wildman–Crippen MR) is 101 cm³/mol. The van der Waals surface area contributed by atoms with E-state index in [0.29, 0.717) is 11.6 Å². The van der Waals surface area contributed by atoms with Crippen molar-refractivity contribution in [2.75, 3.05) is 38.2 Å². The van der Waals surface area contributed by atoms with Gasteiger partial charge in [0.1, 0.15) is 0 Å². The van der Waals surface area contributed by atoms with Gasteiger partial charge in [0, 0.05) is 69.4 Å². The zero-order valence-electron chi connectivity index (χ0n) is 14.6. The Bertz CT molecular complexity index is 762. The first kappa shape index (κ1) is 18.6. The minimum atomic E-state index is -0.375. The van der Waals surface area contributed by atoms with Crippen molar-refractivity contribution in [2.24, 2.45) is 0 Å². The van der Waals surface area contributed by atoms with Crippen molar-refractivity contribution < 1.29 is 9.66 Å². The molecular formula is C18H21ClN4O3. The summed E-state index contributed by atoms with van der Waals surface area (Å²) in [5.74, 6) is 0. The molecule has 1 aliphatic rings. The van der Waals surface area contributed by atoms with Gasteiger partial charge in [0.2, 0.25) is 0 Å². The number of halogens is 1. The normalized spacial score (nSPS) is 15.2. The van der Waals surface area contributed by atoms with E-state index in [1.54, 1.807) is 25.4 Å². The Labute approximate surface area is 157 Å². The number of aromatic nitrogens is 1. The molecule has 1 fully saturated rings. The van der Waals surface area contributed by atoms with Gasteiger partial charge in [-0.05, 0) is 18.2 Å². The lowest BCUT2D eigenvalue weighted by atomic mass is 10.1. The smallest absolute Gasteiger partial charge is 0.269 e. The molecule has 1 aromatic heterocycles. The molecule has 1 aromatic carbocycles. The monoisotopic (exact) mass is 376 g/mol. The Morgan fingerprint density at radius 3 is 2.62 bits per heavy atom. The zero-order valence-corrected chi connectivity index (χ0v) is 15.4. The third-order valence-corrected chi connectivity index (χ3v) is 4.68. The number of hydrogen-bond donors (Lipinski definition) is 0. The van der Waals surface area contributed by atoms with Crippen molar-refractivity contribution >= 4 is 23.0 Å². The second kappa shape index (κ2) is 8.44. The molecule has 0 atom stereocenters. The summed E-state index contributed by atoms with van der Waals surface area (Å²) in [7, 11) is 1.60. The van der Waals surface area contributed by atoms with Crippen molar-refractivity contribution in [3.63, 3.8) is 0 Å². The number of hydrogen-bond acceptors (Lipinski definition) is 6. The number of nitro groups is 1. The van der Waals surface area contributed by atoms with E-state index >= 15 is 0 Å². The summed E-state index contributed by atoms with van der Waals surface area (Å²) in [4.78, 5) is 19.6. The summed E-state index contributed by atoms with van der Waals surface area (Å²) in [5.41, 5.74) is 2.93. The molecule has 0 spiro atoms. The number of ether oxygens (including phenoxy) is 1. The van der Waals surface area contributed by atoms with Crippen LogP contribution in [0.4, 0.5) is 11.4 Å². The number of benzene rings is 1. The molecule has 7 nitrogen and oxygen atoms in total. The third-order valence-electron chi connectivity index (χ3n) is 4.46. The molecule has 0 unspecified atom stereocenters. The number of rotatable bonds is 6. The van der Waals surface area contributed by atoms with Crippen molar-refractivity contribution in [1.29, 1.82) is 0 Å². The summed E-state index contributed by atoms with van der Waals surface area (Å²) in [6, 6.07) is 8.78. The Hall–Kier alpha value is -2.22. The number of pyridine rings is 1. The van der Waals surface area contributed by atoms with Crippen LogP contribution in [0.3, 0.4) is 0 Å². The first-order valence-corrected chi connectivity index (χ1v) is 8.78. The van der Waals surface area contributed by atoms with Gasteiger partial charge in [0.15, 0.2) is 0 Å². The van der Waals surface area contributed by atoms with Gasteiger partial charge in [-0.1, -0.05) is 11.6 Å². The summed E-state index contributed by atoms with van der Waals surface area (Å²) >= 11 is 5.88. The fourth-order valence-corrected chi connectivity index (χ4v) is 3.25. The van der Waals surface area contributed by atoms with Crippen LogP contribution in [0.2, 0.25) is 5.02 Å². The molecule has 2 aromatic rings. The average Bonchev–Trinajstić information content (AvgIpc) is 2.64. The summed E-state index contributed by atoms with van der Waals surface area (Å²) < 4.78 is 5.23. The molecule has 0 aliphatic carbocycles. The number of anilines is 1. The highest BCUT2D eigenvalue weighted by Gasteiger charge is 2.21. The Kier molecular flexibility index (Phi) is 6.03. The minimum Gasteiger partial charge on any atom is -0.380 e.